The lowest BCUT2D eigenvalue weighted by atomic mass is 9.84. The van der Waals surface area contributed by atoms with E-state index in [9.17, 15) is 8.78 Å². The summed E-state index contributed by atoms with van der Waals surface area (Å²) in [6, 6.07) is 0. The summed E-state index contributed by atoms with van der Waals surface area (Å²) in [7, 11) is 0. The number of halogens is 2. The summed E-state index contributed by atoms with van der Waals surface area (Å²) in [6.07, 6.45) is 5.15. The fourth-order valence-electron chi connectivity index (χ4n) is 1.64. The van der Waals surface area contributed by atoms with E-state index in [1.165, 1.54) is 6.92 Å². The van der Waals surface area contributed by atoms with E-state index in [1.807, 2.05) is 10.8 Å². The monoisotopic (exact) mass is 245 g/mol. The van der Waals surface area contributed by atoms with Crippen molar-refractivity contribution in [1.29, 1.82) is 0 Å². The molecule has 3 nitrogen and oxygen atoms in total. The van der Waals surface area contributed by atoms with Gasteiger partial charge in [0.05, 0.1) is 6.33 Å². The molecule has 0 saturated heterocycles. The third-order valence-electron chi connectivity index (χ3n) is 3.11. The third-order valence-corrected chi connectivity index (χ3v) is 3.11. The number of nitrogens with zero attached hydrogens (tertiary/aromatic N) is 2. The summed E-state index contributed by atoms with van der Waals surface area (Å²) in [5, 5.41) is 3.08. The van der Waals surface area contributed by atoms with Crippen LogP contribution in [-0.4, -0.2) is 28.6 Å². The Morgan fingerprint density at radius 3 is 2.59 bits per heavy atom. The van der Waals surface area contributed by atoms with E-state index in [4.69, 9.17) is 0 Å². The molecule has 1 aromatic rings. The average Bonchev–Trinajstić information content (AvgIpc) is 2.77. The number of rotatable bonds is 7. The van der Waals surface area contributed by atoms with Gasteiger partial charge < -0.3 is 9.88 Å². The lowest BCUT2D eigenvalue weighted by Crippen LogP contribution is -2.44. The minimum Gasteiger partial charge on any atom is -0.336 e. The fourth-order valence-corrected chi connectivity index (χ4v) is 1.64. The molecule has 0 bridgehead atoms. The van der Waals surface area contributed by atoms with Gasteiger partial charge in [0.25, 0.3) is 5.92 Å². The van der Waals surface area contributed by atoms with Gasteiger partial charge in [0, 0.05) is 43.9 Å². The normalized spacial score (nSPS) is 13.0. The Labute approximate surface area is 101 Å². The van der Waals surface area contributed by atoms with Gasteiger partial charge in [0.1, 0.15) is 0 Å². The molecule has 0 radical (unpaired) electrons. The van der Waals surface area contributed by atoms with E-state index < -0.39 is 11.3 Å². The van der Waals surface area contributed by atoms with Crippen LogP contribution in [0.1, 0.15) is 27.2 Å². The lowest BCUT2D eigenvalue weighted by Gasteiger charge is -2.33. The van der Waals surface area contributed by atoms with Crippen molar-refractivity contribution in [2.45, 2.75) is 39.7 Å². The van der Waals surface area contributed by atoms with E-state index in [0.29, 0.717) is 13.1 Å². The highest BCUT2D eigenvalue weighted by atomic mass is 19.3. The Morgan fingerprint density at radius 2 is 2.06 bits per heavy atom. The summed E-state index contributed by atoms with van der Waals surface area (Å²) in [6.45, 7) is 6.44. The Hall–Kier alpha value is -0.970. The van der Waals surface area contributed by atoms with Crippen LogP contribution in [-0.2, 0) is 6.54 Å². The topological polar surface area (TPSA) is 29.9 Å². The zero-order valence-electron chi connectivity index (χ0n) is 10.7. The van der Waals surface area contributed by atoms with Crippen molar-refractivity contribution in [3.05, 3.63) is 18.7 Å². The van der Waals surface area contributed by atoms with Crippen LogP contribution < -0.4 is 5.32 Å². The predicted octanol–water partition coefficient (Wildman–Crippen LogP) is 2.54. The van der Waals surface area contributed by atoms with Gasteiger partial charge in [-0.05, 0) is 0 Å². The Balaban J connectivity index is 2.30. The zero-order chi connectivity index (χ0) is 12.9. The van der Waals surface area contributed by atoms with Crippen LogP contribution in [0.2, 0.25) is 0 Å². The van der Waals surface area contributed by atoms with E-state index in [-0.39, 0.29) is 6.42 Å². The number of aromatic nitrogens is 2. The number of nitrogens with one attached hydrogen (secondary N) is 1. The second-order valence-corrected chi connectivity index (χ2v) is 4.92. The summed E-state index contributed by atoms with van der Waals surface area (Å²) in [4.78, 5) is 3.92. The minimum atomic E-state index is -2.63. The third kappa shape index (κ3) is 3.77. The molecule has 0 aliphatic heterocycles. The molecule has 1 rings (SSSR count). The molecule has 1 N–H and O–H groups in total. The van der Waals surface area contributed by atoms with Crippen molar-refractivity contribution < 1.29 is 8.78 Å². The minimum absolute atomic E-state index is 0.122. The van der Waals surface area contributed by atoms with Gasteiger partial charge in [-0.1, -0.05) is 20.8 Å². The summed E-state index contributed by atoms with van der Waals surface area (Å²) < 4.78 is 29.1. The molecule has 0 fully saturated rings. The summed E-state index contributed by atoms with van der Waals surface area (Å²) >= 11 is 0. The van der Waals surface area contributed by atoms with Crippen LogP contribution in [0.5, 0.6) is 0 Å². The Morgan fingerprint density at radius 1 is 1.35 bits per heavy atom. The van der Waals surface area contributed by atoms with Crippen molar-refractivity contribution in [1.82, 2.24) is 14.9 Å². The second-order valence-electron chi connectivity index (χ2n) is 4.92. The van der Waals surface area contributed by atoms with Crippen molar-refractivity contribution in [3.8, 4) is 0 Å². The predicted molar refractivity (Wildman–Crippen MR) is 64.1 cm³/mol. The highest BCUT2D eigenvalue weighted by Crippen LogP contribution is 2.38. The smallest absolute Gasteiger partial charge is 0.254 e. The molecule has 0 saturated carbocycles. The first-order valence-electron chi connectivity index (χ1n) is 5.93. The number of hydrogen-bond acceptors (Lipinski definition) is 2. The SMILES string of the molecule is CCC(F)(F)C(C)(C)CNCCn1ccnc1. The molecule has 0 atom stereocenters. The molecule has 1 aromatic heterocycles. The van der Waals surface area contributed by atoms with Crippen LogP contribution in [0.4, 0.5) is 8.78 Å². The first kappa shape index (κ1) is 14.1. The second kappa shape index (κ2) is 5.58. The Kier molecular flexibility index (Phi) is 4.62. The molecule has 98 valence electrons. The van der Waals surface area contributed by atoms with Gasteiger partial charge in [0.15, 0.2) is 0 Å². The molecular formula is C12H21F2N3. The van der Waals surface area contributed by atoms with Gasteiger partial charge in [-0.15, -0.1) is 0 Å². The standard InChI is InChI=1S/C12H21F2N3/c1-4-12(13,14)11(2,3)9-15-5-7-17-8-6-16-10-17/h6,8,10,15H,4-5,7,9H2,1-3H3. The first-order chi connectivity index (χ1) is 7.89. The maximum absolute atomic E-state index is 13.6. The lowest BCUT2D eigenvalue weighted by molar-refractivity contribution is -0.106. The molecule has 17 heavy (non-hydrogen) atoms. The largest absolute Gasteiger partial charge is 0.336 e. The number of alkyl halides is 2. The molecule has 0 aliphatic carbocycles. The molecule has 5 heteroatoms. The van der Waals surface area contributed by atoms with Crippen LogP contribution in [0.25, 0.3) is 0 Å². The van der Waals surface area contributed by atoms with E-state index in [2.05, 4.69) is 10.3 Å². The highest BCUT2D eigenvalue weighted by molar-refractivity contribution is 4.86. The van der Waals surface area contributed by atoms with Gasteiger partial charge in [0.2, 0.25) is 0 Å². The van der Waals surface area contributed by atoms with Gasteiger partial charge in [-0.2, -0.15) is 0 Å². The average molecular weight is 245 g/mol. The maximum atomic E-state index is 13.6. The summed E-state index contributed by atoms with van der Waals surface area (Å²) in [5.41, 5.74) is -1.02. The van der Waals surface area contributed by atoms with Crippen LogP contribution in [0, 0.1) is 5.41 Å². The van der Waals surface area contributed by atoms with Crippen molar-refractivity contribution in [2.75, 3.05) is 13.1 Å². The summed E-state index contributed by atoms with van der Waals surface area (Å²) in [5.74, 6) is -2.63. The van der Waals surface area contributed by atoms with Gasteiger partial charge >= 0.3 is 0 Å². The van der Waals surface area contributed by atoms with Gasteiger partial charge in [-0.25, -0.2) is 13.8 Å². The van der Waals surface area contributed by atoms with Crippen molar-refractivity contribution >= 4 is 0 Å². The molecule has 0 aliphatic rings. The van der Waals surface area contributed by atoms with Crippen LogP contribution in [0.15, 0.2) is 18.7 Å². The number of imidazole rings is 1. The molecule has 0 aromatic carbocycles. The fraction of sp³-hybridized carbons (Fsp3) is 0.750. The van der Waals surface area contributed by atoms with Crippen molar-refractivity contribution in [2.24, 2.45) is 5.41 Å². The van der Waals surface area contributed by atoms with E-state index in [0.717, 1.165) is 6.54 Å². The molecular weight excluding hydrogens is 224 g/mol. The van der Waals surface area contributed by atoms with Gasteiger partial charge in [-0.3, -0.25) is 0 Å². The highest BCUT2D eigenvalue weighted by Gasteiger charge is 2.44. The van der Waals surface area contributed by atoms with Crippen LogP contribution in [0.3, 0.4) is 0 Å². The van der Waals surface area contributed by atoms with E-state index >= 15 is 0 Å². The number of hydrogen-bond donors (Lipinski definition) is 1. The maximum Gasteiger partial charge on any atom is 0.254 e. The zero-order valence-corrected chi connectivity index (χ0v) is 10.7. The molecule has 1 heterocycles. The van der Waals surface area contributed by atoms with E-state index in [1.54, 1.807) is 26.4 Å². The Bertz CT molecular complexity index is 321. The first-order valence-corrected chi connectivity index (χ1v) is 5.93. The molecule has 0 amide bonds. The quantitative estimate of drug-likeness (QED) is 0.748. The van der Waals surface area contributed by atoms with Crippen molar-refractivity contribution in [3.63, 3.8) is 0 Å². The molecule has 0 unspecified atom stereocenters. The van der Waals surface area contributed by atoms with Crippen LogP contribution >= 0.6 is 0 Å². The molecule has 0 spiro atoms.